The minimum absolute atomic E-state index is 0.0370. The molecule has 1 fully saturated rings. The molecule has 0 bridgehead atoms. The van der Waals surface area contributed by atoms with Crippen LogP contribution >= 0.6 is 0 Å². The lowest BCUT2D eigenvalue weighted by Gasteiger charge is -2.24. The van der Waals surface area contributed by atoms with Crippen LogP contribution in [0.15, 0.2) is 24.3 Å². The Hall–Kier alpha value is -1.84. The quantitative estimate of drug-likeness (QED) is 0.783. The Bertz CT molecular complexity index is 507. The van der Waals surface area contributed by atoms with Crippen LogP contribution in [0.25, 0.3) is 0 Å². The molecule has 1 aromatic carbocycles. The molecule has 1 aliphatic heterocycles. The molecular formula is C17H23NO3. The zero-order valence-corrected chi connectivity index (χ0v) is 13.0. The second-order valence-electron chi connectivity index (χ2n) is 5.94. The summed E-state index contributed by atoms with van der Waals surface area (Å²) in [6.45, 7) is 6.28. The fourth-order valence-corrected chi connectivity index (χ4v) is 2.62. The highest BCUT2D eigenvalue weighted by atomic mass is 16.5. The van der Waals surface area contributed by atoms with E-state index in [4.69, 9.17) is 4.74 Å². The van der Waals surface area contributed by atoms with E-state index in [2.05, 4.69) is 0 Å². The molecule has 0 radical (unpaired) electrons. The van der Waals surface area contributed by atoms with Gasteiger partial charge < -0.3 is 9.64 Å². The van der Waals surface area contributed by atoms with Crippen molar-refractivity contribution in [3.05, 3.63) is 35.4 Å². The molecule has 1 heterocycles. The lowest BCUT2D eigenvalue weighted by atomic mass is 10.1. The van der Waals surface area contributed by atoms with Crippen LogP contribution in [-0.4, -0.2) is 28.9 Å². The number of rotatable bonds is 5. The standard InChI is InChI=1S/C17H23NO3/c1-12(2)21-17(20)10-15-8-9-16(19)18(15)11-14-6-4-13(3)5-7-14/h4-7,12,15H,8-11H2,1-3H3. The summed E-state index contributed by atoms with van der Waals surface area (Å²) < 4.78 is 5.18. The van der Waals surface area contributed by atoms with Gasteiger partial charge in [-0.15, -0.1) is 0 Å². The minimum atomic E-state index is -0.224. The first-order valence-corrected chi connectivity index (χ1v) is 7.50. The summed E-state index contributed by atoms with van der Waals surface area (Å²) >= 11 is 0. The van der Waals surface area contributed by atoms with E-state index in [1.54, 1.807) is 0 Å². The molecule has 21 heavy (non-hydrogen) atoms. The average molecular weight is 289 g/mol. The van der Waals surface area contributed by atoms with Gasteiger partial charge in [0, 0.05) is 19.0 Å². The molecule has 1 unspecified atom stereocenters. The zero-order chi connectivity index (χ0) is 15.4. The normalized spacial score (nSPS) is 18.4. The molecule has 1 amide bonds. The number of benzene rings is 1. The Morgan fingerprint density at radius 1 is 1.33 bits per heavy atom. The van der Waals surface area contributed by atoms with Gasteiger partial charge in [0.25, 0.3) is 0 Å². The van der Waals surface area contributed by atoms with Gasteiger partial charge >= 0.3 is 5.97 Å². The summed E-state index contributed by atoms with van der Waals surface area (Å²) in [6, 6.07) is 8.11. The van der Waals surface area contributed by atoms with Crippen molar-refractivity contribution in [2.45, 2.75) is 58.7 Å². The van der Waals surface area contributed by atoms with Crippen molar-refractivity contribution in [2.24, 2.45) is 0 Å². The predicted octanol–water partition coefficient (Wildman–Crippen LogP) is 2.83. The van der Waals surface area contributed by atoms with E-state index < -0.39 is 0 Å². The van der Waals surface area contributed by atoms with E-state index in [9.17, 15) is 9.59 Å². The maximum absolute atomic E-state index is 12.0. The number of amides is 1. The maximum atomic E-state index is 12.0. The maximum Gasteiger partial charge on any atom is 0.308 e. The van der Waals surface area contributed by atoms with E-state index >= 15 is 0 Å². The van der Waals surface area contributed by atoms with E-state index in [0.29, 0.717) is 13.0 Å². The first-order valence-electron chi connectivity index (χ1n) is 7.50. The molecule has 4 heteroatoms. The van der Waals surface area contributed by atoms with Crippen LogP contribution in [0.3, 0.4) is 0 Å². The largest absolute Gasteiger partial charge is 0.463 e. The number of carbonyl (C=O) groups excluding carboxylic acids is 2. The SMILES string of the molecule is Cc1ccc(CN2C(=O)CCC2CC(=O)OC(C)C)cc1. The molecule has 2 rings (SSSR count). The van der Waals surface area contributed by atoms with Crippen LogP contribution in [-0.2, 0) is 20.9 Å². The molecule has 1 aromatic rings. The molecule has 0 aromatic heterocycles. The highest BCUT2D eigenvalue weighted by molar-refractivity contribution is 5.80. The summed E-state index contributed by atoms with van der Waals surface area (Å²) in [7, 11) is 0. The van der Waals surface area contributed by atoms with Crippen LogP contribution < -0.4 is 0 Å². The fourth-order valence-electron chi connectivity index (χ4n) is 2.62. The number of nitrogens with zero attached hydrogens (tertiary/aromatic N) is 1. The third-order valence-electron chi connectivity index (χ3n) is 3.70. The van der Waals surface area contributed by atoms with Crippen molar-refractivity contribution in [1.29, 1.82) is 0 Å². The molecule has 0 spiro atoms. The monoisotopic (exact) mass is 289 g/mol. The number of carbonyl (C=O) groups is 2. The van der Waals surface area contributed by atoms with Gasteiger partial charge in [-0.05, 0) is 32.8 Å². The van der Waals surface area contributed by atoms with E-state index in [-0.39, 0.29) is 30.4 Å². The second kappa shape index (κ2) is 6.74. The average Bonchev–Trinajstić information content (AvgIpc) is 2.73. The van der Waals surface area contributed by atoms with Gasteiger partial charge in [-0.25, -0.2) is 0 Å². The molecule has 0 N–H and O–H groups in total. The minimum Gasteiger partial charge on any atom is -0.463 e. The molecule has 1 aliphatic rings. The molecular weight excluding hydrogens is 266 g/mol. The van der Waals surface area contributed by atoms with Gasteiger partial charge in [0.15, 0.2) is 0 Å². The number of aryl methyl sites for hydroxylation is 1. The number of likely N-dealkylation sites (tertiary alicyclic amines) is 1. The summed E-state index contributed by atoms with van der Waals surface area (Å²) in [6.07, 6.45) is 1.43. The Morgan fingerprint density at radius 3 is 2.62 bits per heavy atom. The molecule has 4 nitrogen and oxygen atoms in total. The molecule has 0 aliphatic carbocycles. The van der Waals surface area contributed by atoms with Gasteiger partial charge in [0.1, 0.15) is 0 Å². The van der Waals surface area contributed by atoms with E-state index in [1.807, 2.05) is 49.9 Å². The van der Waals surface area contributed by atoms with Crippen LogP contribution in [0.2, 0.25) is 0 Å². The lowest BCUT2D eigenvalue weighted by molar-refractivity contribution is -0.149. The van der Waals surface area contributed by atoms with Crippen LogP contribution in [0.5, 0.6) is 0 Å². The first-order chi connectivity index (χ1) is 9.95. The topological polar surface area (TPSA) is 46.6 Å². The van der Waals surface area contributed by atoms with Gasteiger partial charge in [0.05, 0.1) is 12.5 Å². The number of hydrogen-bond donors (Lipinski definition) is 0. The van der Waals surface area contributed by atoms with Crippen molar-refractivity contribution in [2.75, 3.05) is 0 Å². The number of ether oxygens (including phenoxy) is 1. The molecule has 1 atom stereocenters. The lowest BCUT2D eigenvalue weighted by Crippen LogP contribution is -2.34. The van der Waals surface area contributed by atoms with Crippen LogP contribution in [0.1, 0.15) is 44.2 Å². The Morgan fingerprint density at radius 2 is 2.00 bits per heavy atom. The van der Waals surface area contributed by atoms with E-state index in [1.165, 1.54) is 5.56 Å². The Labute approximate surface area is 126 Å². The second-order valence-corrected chi connectivity index (χ2v) is 5.94. The van der Waals surface area contributed by atoms with Crippen molar-refractivity contribution in [3.63, 3.8) is 0 Å². The van der Waals surface area contributed by atoms with Gasteiger partial charge in [-0.1, -0.05) is 29.8 Å². The van der Waals surface area contributed by atoms with Gasteiger partial charge in [0.2, 0.25) is 5.91 Å². The number of esters is 1. The summed E-state index contributed by atoms with van der Waals surface area (Å²) in [5, 5.41) is 0. The molecule has 1 saturated heterocycles. The molecule has 0 saturated carbocycles. The van der Waals surface area contributed by atoms with Crippen LogP contribution in [0, 0.1) is 6.92 Å². The third kappa shape index (κ3) is 4.31. The van der Waals surface area contributed by atoms with E-state index in [0.717, 1.165) is 12.0 Å². The van der Waals surface area contributed by atoms with Crippen LogP contribution in [0.4, 0.5) is 0 Å². The van der Waals surface area contributed by atoms with Gasteiger partial charge in [-0.2, -0.15) is 0 Å². The highest BCUT2D eigenvalue weighted by Gasteiger charge is 2.32. The summed E-state index contributed by atoms with van der Waals surface area (Å²) in [5.41, 5.74) is 2.29. The molecule has 114 valence electrons. The van der Waals surface area contributed by atoms with Crippen molar-refractivity contribution < 1.29 is 14.3 Å². The zero-order valence-electron chi connectivity index (χ0n) is 13.0. The van der Waals surface area contributed by atoms with Crippen molar-refractivity contribution in [1.82, 2.24) is 4.90 Å². The first kappa shape index (κ1) is 15.5. The summed E-state index contributed by atoms with van der Waals surface area (Å²) in [5.74, 6) is -0.100. The highest BCUT2D eigenvalue weighted by Crippen LogP contribution is 2.24. The fraction of sp³-hybridized carbons (Fsp3) is 0.529. The van der Waals surface area contributed by atoms with Crippen molar-refractivity contribution in [3.8, 4) is 0 Å². The van der Waals surface area contributed by atoms with Crippen molar-refractivity contribution >= 4 is 11.9 Å². The predicted molar refractivity (Wildman–Crippen MR) is 80.6 cm³/mol. The van der Waals surface area contributed by atoms with Gasteiger partial charge in [-0.3, -0.25) is 9.59 Å². The summed E-state index contributed by atoms with van der Waals surface area (Å²) in [4.78, 5) is 25.6. The Balaban J connectivity index is 1.99. The number of hydrogen-bond acceptors (Lipinski definition) is 3. The Kier molecular flexibility index (Phi) is 4.99. The third-order valence-corrected chi connectivity index (χ3v) is 3.70. The smallest absolute Gasteiger partial charge is 0.308 e.